The van der Waals surface area contributed by atoms with Crippen molar-refractivity contribution in [3.05, 3.63) is 23.8 Å². The highest BCUT2D eigenvalue weighted by atomic mass is 32.2. The molecule has 0 heterocycles. The van der Waals surface area contributed by atoms with Gasteiger partial charge in [0.1, 0.15) is 5.75 Å². The Balaban J connectivity index is 2.63. The molecule has 0 atom stereocenters. The molecule has 0 radical (unpaired) electrons. The summed E-state index contributed by atoms with van der Waals surface area (Å²) in [4.78, 5) is 0.198. The van der Waals surface area contributed by atoms with Gasteiger partial charge in [0.05, 0.1) is 12.0 Å². The highest BCUT2D eigenvalue weighted by molar-refractivity contribution is 7.89. The van der Waals surface area contributed by atoms with Crippen LogP contribution in [0.15, 0.2) is 23.1 Å². The number of rotatable bonds is 3. The van der Waals surface area contributed by atoms with Gasteiger partial charge in [-0.15, -0.1) is 0 Å². The normalized spacial score (nSPS) is 16.4. The third-order valence-electron chi connectivity index (χ3n) is 2.54. The van der Waals surface area contributed by atoms with Gasteiger partial charge in [-0.3, -0.25) is 0 Å². The minimum absolute atomic E-state index is 0.198. The first-order chi connectivity index (χ1) is 7.04. The van der Waals surface area contributed by atoms with Crippen molar-refractivity contribution >= 4 is 10.0 Å². The average molecular weight is 227 g/mol. The van der Waals surface area contributed by atoms with E-state index >= 15 is 0 Å². The number of hydrogen-bond acceptors (Lipinski definition) is 3. The van der Waals surface area contributed by atoms with Crippen molar-refractivity contribution in [3.63, 3.8) is 0 Å². The highest BCUT2D eigenvalue weighted by Gasteiger charge is 2.32. The van der Waals surface area contributed by atoms with Gasteiger partial charge in [0.25, 0.3) is 0 Å². The summed E-state index contributed by atoms with van der Waals surface area (Å²) in [7, 11) is -2.12. The number of ether oxygens (including phenoxy) is 1. The summed E-state index contributed by atoms with van der Waals surface area (Å²) in [6.45, 7) is 0. The Morgan fingerprint density at radius 3 is 2.53 bits per heavy atom. The monoisotopic (exact) mass is 227 g/mol. The van der Waals surface area contributed by atoms with Crippen molar-refractivity contribution in [2.24, 2.45) is 5.14 Å². The van der Waals surface area contributed by atoms with Crippen molar-refractivity contribution in [1.82, 2.24) is 0 Å². The van der Waals surface area contributed by atoms with Crippen molar-refractivity contribution in [2.45, 2.75) is 23.7 Å². The number of hydrogen-bond donors (Lipinski definition) is 1. The quantitative estimate of drug-likeness (QED) is 0.844. The van der Waals surface area contributed by atoms with E-state index in [1.54, 1.807) is 12.1 Å². The summed E-state index contributed by atoms with van der Waals surface area (Å²) in [5, 5.41) is 5.16. The summed E-state index contributed by atoms with van der Waals surface area (Å²) in [6.07, 6.45) is 2.01. The molecular formula is C10H13NO3S. The lowest BCUT2D eigenvalue weighted by Crippen LogP contribution is -2.14. The fourth-order valence-electron chi connectivity index (χ4n) is 1.72. The maximum absolute atomic E-state index is 11.4. The molecule has 0 amide bonds. The lowest BCUT2D eigenvalue weighted by atomic mass is 10.1. The summed E-state index contributed by atoms with van der Waals surface area (Å²) >= 11 is 0. The zero-order chi connectivity index (χ0) is 11.1. The van der Waals surface area contributed by atoms with Crippen LogP contribution in [-0.4, -0.2) is 15.5 Å². The maximum atomic E-state index is 11.4. The van der Waals surface area contributed by atoms with Crippen molar-refractivity contribution in [3.8, 4) is 5.75 Å². The second kappa shape index (κ2) is 3.50. The Hall–Kier alpha value is -1.07. The molecule has 0 bridgehead atoms. The van der Waals surface area contributed by atoms with E-state index in [0.717, 1.165) is 18.4 Å². The van der Waals surface area contributed by atoms with Crippen LogP contribution in [0.4, 0.5) is 0 Å². The molecule has 1 aliphatic carbocycles. The molecular weight excluding hydrogens is 214 g/mol. The third kappa shape index (κ3) is 1.98. The van der Waals surface area contributed by atoms with Crippen LogP contribution in [-0.2, 0) is 10.0 Å². The van der Waals surface area contributed by atoms with Crippen LogP contribution in [0.3, 0.4) is 0 Å². The molecule has 1 aromatic carbocycles. The summed E-state index contributed by atoms with van der Waals surface area (Å²) in [5.74, 6) is 0.901. The van der Waals surface area contributed by atoms with Crippen LogP contribution < -0.4 is 9.88 Å². The van der Waals surface area contributed by atoms with E-state index in [9.17, 15) is 8.42 Å². The Labute approximate surface area is 89.1 Å². The predicted octanol–water partition coefficient (Wildman–Crippen LogP) is 1.22. The first kappa shape index (κ1) is 10.4. The molecule has 2 N–H and O–H groups in total. The van der Waals surface area contributed by atoms with Crippen LogP contribution in [0.25, 0.3) is 0 Å². The number of sulfonamides is 1. The van der Waals surface area contributed by atoms with Gasteiger partial charge in [-0.25, -0.2) is 13.6 Å². The lowest BCUT2D eigenvalue weighted by Gasteiger charge is -2.11. The molecule has 15 heavy (non-hydrogen) atoms. The van der Waals surface area contributed by atoms with E-state index in [-0.39, 0.29) is 10.8 Å². The van der Waals surface area contributed by atoms with Gasteiger partial charge in [0.15, 0.2) is 0 Å². The zero-order valence-electron chi connectivity index (χ0n) is 8.43. The van der Waals surface area contributed by atoms with Crippen LogP contribution in [0.1, 0.15) is 24.3 Å². The topological polar surface area (TPSA) is 69.4 Å². The van der Waals surface area contributed by atoms with E-state index in [2.05, 4.69) is 0 Å². The molecule has 1 aliphatic rings. The molecule has 1 fully saturated rings. The van der Waals surface area contributed by atoms with Gasteiger partial charge in [-0.2, -0.15) is 0 Å². The van der Waals surface area contributed by atoms with Crippen molar-refractivity contribution in [2.75, 3.05) is 7.11 Å². The van der Waals surface area contributed by atoms with Crippen LogP contribution in [0.5, 0.6) is 5.75 Å². The van der Waals surface area contributed by atoms with Crippen molar-refractivity contribution in [1.29, 1.82) is 0 Å². The van der Waals surface area contributed by atoms with Gasteiger partial charge >= 0.3 is 0 Å². The molecule has 0 spiro atoms. The molecule has 0 unspecified atom stereocenters. The zero-order valence-corrected chi connectivity index (χ0v) is 9.25. The largest absolute Gasteiger partial charge is 0.496 e. The first-order valence-corrected chi connectivity index (χ1v) is 6.28. The molecule has 1 saturated carbocycles. The highest BCUT2D eigenvalue weighted by Crippen LogP contribution is 2.46. The molecule has 5 heteroatoms. The molecule has 0 aliphatic heterocycles. The minimum Gasteiger partial charge on any atom is -0.496 e. The Morgan fingerprint density at radius 1 is 1.40 bits per heavy atom. The van der Waals surface area contributed by atoms with Gasteiger partial charge in [0, 0.05) is 5.56 Å². The number of primary sulfonamides is 1. The second-order valence-corrected chi connectivity index (χ2v) is 5.22. The van der Waals surface area contributed by atoms with E-state index in [4.69, 9.17) is 9.88 Å². The molecule has 82 valence electrons. The summed E-state index contributed by atoms with van der Waals surface area (Å²) in [6, 6.07) is 4.94. The SMILES string of the molecule is COc1cccc(S(N)(=O)=O)c1C1CC1. The van der Waals surface area contributed by atoms with E-state index in [1.165, 1.54) is 13.2 Å². The van der Waals surface area contributed by atoms with Crippen LogP contribution in [0.2, 0.25) is 0 Å². The van der Waals surface area contributed by atoms with Crippen molar-refractivity contribution < 1.29 is 13.2 Å². The number of benzene rings is 1. The molecule has 2 rings (SSSR count). The summed E-state index contributed by atoms with van der Waals surface area (Å²) < 4.78 is 27.9. The minimum atomic E-state index is -3.65. The number of nitrogens with two attached hydrogens (primary N) is 1. The fourth-order valence-corrected chi connectivity index (χ4v) is 2.57. The van der Waals surface area contributed by atoms with E-state index in [0.29, 0.717) is 5.75 Å². The van der Waals surface area contributed by atoms with Gasteiger partial charge < -0.3 is 4.74 Å². The smallest absolute Gasteiger partial charge is 0.238 e. The van der Waals surface area contributed by atoms with E-state index < -0.39 is 10.0 Å². The lowest BCUT2D eigenvalue weighted by molar-refractivity contribution is 0.407. The second-order valence-electron chi connectivity index (χ2n) is 3.69. The maximum Gasteiger partial charge on any atom is 0.238 e. The Morgan fingerprint density at radius 2 is 2.07 bits per heavy atom. The average Bonchev–Trinajstić information content (AvgIpc) is 2.98. The molecule has 0 aromatic heterocycles. The van der Waals surface area contributed by atoms with Gasteiger partial charge in [-0.05, 0) is 30.9 Å². The molecule has 0 saturated heterocycles. The standard InChI is InChI=1S/C10H13NO3S/c1-14-8-3-2-4-9(15(11,12)13)10(8)7-5-6-7/h2-4,7H,5-6H2,1H3,(H2,11,12,13). The van der Waals surface area contributed by atoms with Gasteiger partial charge in [0.2, 0.25) is 10.0 Å². The Kier molecular flexibility index (Phi) is 2.44. The van der Waals surface area contributed by atoms with Gasteiger partial charge in [-0.1, -0.05) is 6.07 Å². The van der Waals surface area contributed by atoms with Crippen LogP contribution >= 0.6 is 0 Å². The first-order valence-electron chi connectivity index (χ1n) is 4.73. The Bertz CT molecular complexity index is 477. The fraction of sp³-hybridized carbons (Fsp3) is 0.400. The molecule has 4 nitrogen and oxygen atoms in total. The predicted molar refractivity (Wildman–Crippen MR) is 56.3 cm³/mol. The van der Waals surface area contributed by atoms with E-state index in [1.807, 2.05) is 0 Å². The summed E-state index contributed by atoms with van der Waals surface area (Å²) in [5.41, 5.74) is 0.738. The molecule has 1 aromatic rings. The number of methoxy groups -OCH3 is 1. The van der Waals surface area contributed by atoms with Crippen LogP contribution in [0, 0.1) is 0 Å². The third-order valence-corrected chi connectivity index (χ3v) is 3.51.